The number of hydrogen-bond donors (Lipinski definition) is 1. The number of alkyl halides is 3. The fourth-order valence-corrected chi connectivity index (χ4v) is 3.67. The lowest BCUT2D eigenvalue weighted by Gasteiger charge is -2.36. The normalized spacial score (nSPS) is 20.9. The molecule has 0 atom stereocenters. The van der Waals surface area contributed by atoms with Gasteiger partial charge in [-0.25, -0.2) is 13.6 Å². The Kier molecular flexibility index (Phi) is 5.02. The highest BCUT2D eigenvalue weighted by Gasteiger charge is 2.37. The second-order valence-corrected chi connectivity index (χ2v) is 6.59. The Morgan fingerprint density at radius 1 is 1.17 bits per heavy atom. The minimum Gasteiger partial charge on any atom is -0.371 e. The molecular formula is C10H18F3NO3S. The van der Waals surface area contributed by atoms with E-state index in [1.54, 1.807) is 0 Å². The predicted molar refractivity (Wildman–Crippen MR) is 60.4 cm³/mol. The van der Waals surface area contributed by atoms with Gasteiger partial charge in [-0.1, -0.05) is 19.3 Å². The van der Waals surface area contributed by atoms with Crippen LogP contribution in [0.25, 0.3) is 0 Å². The number of nitrogens with two attached hydrogens (primary N) is 1. The van der Waals surface area contributed by atoms with Crippen LogP contribution in [0.2, 0.25) is 0 Å². The fourth-order valence-electron chi connectivity index (χ4n) is 2.44. The van der Waals surface area contributed by atoms with Crippen LogP contribution in [0.1, 0.15) is 32.1 Å². The molecule has 0 aliphatic heterocycles. The summed E-state index contributed by atoms with van der Waals surface area (Å²) in [4.78, 5) is 0. The molecule has 1 saturated carbocycles. The number of primary sulfonamides is 1. The first-order chi connectivity index (χ1) is 8.12. The van der Waals surface area contributed by atoms with E-state index in [0.717, 1.165) is 19.3 Å². The van der Waals surface area contributed by atoms with Crippen molar-refractivity contribution in [2.75, 3.05) is 19.0 Å². The Morgan fingerprint density at radius 3 is 2.17 bits per heavy atom. The Hall–Kier alpha value is -0.340. The SMILES string of the molecule is NS(=O)(=O)CC1(COCC(F)(F)F)CCCCC1. The maximum atomic E-state index is 12.0. The molecule has 8 heteroatoms. The van der Waals surface area contributed by atoms with Gasteiger partial charge < -0.3 is 4.74 Å². The first-order valence-electron chi connectivity index (χ1n) is 5.77. The van der Waals surface area contributed by atoms with Crippen LogP contribution in [0.15, 0.2) is 0 Å². The monoisotopic (exact) mass is 289 g/mol. The summed E-state index contributed by atoms with van der Waals surface area (Å²) in [6, 6.07) is 0. The van der Waals surface area contributed by atoms with Gasteiger partial charge in [0.25, 0.3) is 0 Å². The maximum absolute atomic E-state index is 12.0. The lowest BCUT2D eigenvalue weighted by Crippen LogP contribution is -2.40. The number of hydrogen-bond acceptors (Lipinski definition) is 3. The van der Waals surface area contributed by atoms with Crippen molar-refractivity contribution < 1.29 is 26.3 Å². The molecule has 2 N–H and O–H groups in total. The van der Waals surface area contributed by atoms with Gasteiger partial charge in [0.2, 0.25) is 10.0 Å². The van der Waals surface area contributed by atoms with E-state index in [4.69, 9.17) is 5.14 Å². The van der Waals surface area contributed by atoms with Crippen molar-refractivity contribution in [1.82, 2.24) is 0 Å². The van der Waals surface area contributed by atoms with Crippen LogP contribution in [-0.4, -0.2) is 33.6 Å². The van der Waals surface area contributed by atoms with E-state index < -0.39 is 28.2 Å². The molecule has 1 fully saturated rings. The van der Waals surface area contributed by atoms with Gasteiger partial charge >= 0.3 is 6.18 Å². The van der Waals surface area contributed by atoms with Crippen LogP contribution >= 0.6 is 0 Å². The van der Waals surface area contributed by atoms with E-state index in [-0.39, 0.29) is 12.4 Å². The highest BCUT2D eigenvalue weighted by Crippen LogP contribution is 2.37. The zero-order valence-corrected chi connectivity index (χ0v) is 10.8. The first-order valence-corrected chi connectivity index (χ1v) is 7.49. The molecule has 0 aromatic rings. The molecule has 4 nitrogen and oxygen atoms in total. The average Bonchev–Trinajstić information content (AvgIpc) is 2.13. The second kappa shape index (κ2) is 5.75. The molecule has 0 bridgehead atoms. The van der Waals surface area contributed by atoms with Crippen LogP contribution in [0.4, 0.5) is 13.2 Å². The topological polar surface area (TPSA) is 69.4 Å². The largest absolute Gasteiger partial charge is 0.411 e. The zero-order chi connectivity index (χ0) is 13.9. The van der Waals surface area contributed by atoms with Crippen molar-refractivity contribution >= 4 is 10.0 Å². The number of halogens is 3. The van der Waals surface area contributed by atoms with Gasteiger partial charge in [0.1, 0.15) is 6.61 Å². The summed E-state index contributed by atoms with van der Waals surface area (Å²) in [7, 11) is -3.71. The number of ether oxygens (including phenoxy) is 1. The Bertz CT molecular complexity index is 361. The quantitative estimate of drug-likeness (QED) is 0.839. The minimum atomic E-state index is -4.39. The van der Waals surface area contributed by atoms with E-state index in [0.29, 0.717) is 12.8 Å². The van der Waals surface area contributed by atoms with Crippen molar-refractivity contribution in [3.05, 3.63) is 0 Å². The summed E-state index contributed by atoms with van der Waals surface area (Å²) in [6.07, 6.45) is -0.749. The third kappa shape index (κ3) is 6.01. The van der Waals surface area contributed by atoms with Crippen LogP contribution in [0.5, 0.6) is 0 Å². The predicted octanol–water partition coefficient (Wildman–Crippen LogP) is 1.80. The second-order valence-electron chi connectivity index (χ2n) is 4.98. The lowest BCUT2D eigenvalue weighted by molar-refractivity contribution is -0.181. The van der Waals surface area contributed by atoms with E-state index in [1.165, 1.54) is 0 Å². The molecule has 1 aliphatic rings. The molecule has 1 aliphatic carbocycles. The third-order valence-corrected chi connectivity index (χ3v) is 4.11. The maximum Gasteiger partial charge on any atom is 0.411 e. The van der Waals surface area contributed by atoms with Crippen LogP contribution in [-0.2, 0) is 14.8 Å². The van der Waals surface area contributed by atoms with Crippen molar-refractivity contribution in [2.45, 2.75) is 38.3 Å². The molecular weight excluding hydrogens is 271 g/mol. The van der Waals surface area contributed by atoms with Crippen LogP contribution < -0.4 is 5.14 Å². The molecule has 0 radical (unpaired) electrons. The summed E-state index contributed by atoms with van der Waals surface area (Å²) in [5, 5.41) is 5.00. The summed E-state index contributed by atoms with van der Waals surface area (Å²) in [5.41, 5.74) is -0.753. The smallest absolute Gasteiger partial charge is 0.371 e. The van der Waals surface area contributed by atoms with Crippen molar-refractivity contribution in [3.8, 4) is 0 Å². The van der Waals surface area contributed by atoms with E-state index in [9.17, 15) is 21.6 Å². The van der Waals surface area contributed by atoms with E-state index in [1.807, 2.05) is 0 Å². The van der Waals surface area contributed by atoms with Gasteiger partial charge in [-0.15, -0.1) is 0 Å². The van der Waals surface area contributed by atoms with Gasteiger partial charge in [0.15, 0.2) is 0 Å². The van der Waals surface area contributed by atoms with Crippen molar-refractivity contribution in [3.63, 3.8) is 0 Å². The number of rotatable bonds is 5. The summed E-state index contributed by atoms with van der Waals surface area (Å²) in [6.45, 7) is -1.55. The molecule has 0 unspecified atom stereocenters. The Morgan fingerprint density at radius 2 is 1.72 bits per heavy atom. The van der Waals surface area contributed by atoms with Gasteiger partial charge in [-0.2, -0.15) is 13.2 Å². The van der Waals surface area contributed by atoms with Gasteiger partial charge in [0, 0.05) is 5.41 Å². The van der Waals surface area contributed by atoms with Crippen LogP contribution in [0, 0.1) is 5.41 Å². The fraction of sp³-hybridized carbons (Fsp3) is 1.00. The van der Waals surface area contributed by atoms with Crippen molar-refractivity contribution in [2.24, 2.45) is 10.6 Å². The molecule has 0 amide bonds. The minimum absolute atomic E-state index is 0.205. The van der Waals surface area contributed by atoms with Crippen LogP contribution in [0.3, 0.4) is 0 Å². The van der Waals surface area contributed by atoms with Gasteiger partial charge in [-0.05, 0) is 12.8 Å². The Labute approximate surface area is 105 Å². The zero-order valence-electron chi connectivity index (χ0n) is 10.0. The summed E-state index contributed by atoms with van der Waals surface area (Å²) in [5.74, 6) is -0.308. The average molecular weight is 289 g/mol. The van der Waals surface area contributed by atoms with Gasteiger partial charge in [0.05, 0.1) is 12.4 Å². The molecule has 0 heterocycles. The highest BCUT2D eigenvalue weighted by molar-refractivity contribution is 7.89. The summed E-state index contributed by atoms with van der Waals surface area (Å²) < 4.78 is 63.0. The number of sulfonamides is 1. The van der Waals surface area contributed by atoms with Crippen molar-refractivity contribution in [1.29, 1.82) is 0 Å². The van der Waals surface area contributed by atoms with Gasteiger partial charge in [-0.3, -0.25) is 0 Å². The Balaban J connectivity index is 2.61. The standard InChI is InChI=1S/C10H18F3NO3S/c11-10(12,13)7-17-6-9(8-18(14,15)16)4-2-1-3-5-9/h1-8H2,(H2,14,15,16). The molecule has 0 spiro atoms. The molecule has 1 rings (SSSR count). The third-order valence-electron chi connectivity index (χ3n) is 3.10. The molecule has 0 aromatic heterocycles. The summed E-state index contributed by atoms with van der Waals surface area (Å²) >= 11 is 0. The molecule has 0 aromatic carbocycles. The first kappa shape index (κ1) is 15.7. The van der Waals surface area contributed by atoms with E-state index in [2.05, 4.69) is 4.74 Å². The lowest BCUT2D eigenvalue weighted by atomic mass is 9.76. The highest BCUT2D eigenvalue weighted by atomic mass is 32.2. The molecule has 0 saturated heterocycles. The molecule has 108 valence electrons. The van der Waals surface area contributed by atoms with E-state index >= 15 is 0 Å². The molecule has 18 heavy (non-hydrogen) atoms.